The average molecular weight is 437 g/mol. The van der Waals surface area contributed by atoms with Crippen LogP contribution in [0.3, 0.4) is 0 Å². The van der Waals surface area contributed by atoms with Crippen LogP contribution < -0.4 is 21.1 Å². The smallest absolute Gasteiger partial charge is 0.416 e. The minimum atomic E-state index is -4.33. The number of hydrogen-bond acceptors (Lipinski definition) is 3. The van der Waals surface area contributed by atoms with E-state index >= 15 is 0 Å². The number of halogens is 3. The third-order valence-electron chi connectivity index (χ3n) is 4.45. The maximum Gasteiger partial charge on any atom is 0.416 e. The van der Waals surface area contributed by atoms with E-state index < -0.39 is 11.7 Å². The summed E-state index contributed by atoms with van der Waals surface area (Å²) in [6, 6.07) is 12.3. The monoisotopic (exact) mass is 436 g/mol. The summed E-state index contributed by atoms with van der Waals surface area (Å²) in [5.41, 5.74) is 6.41. The molecule has 0 bridgehead atoms. The molecule has 0 saturated heterocycles. The molecule has 0 aliphatic carbocycles. The summed E-state index contributed by atoms with van der Waals surface area (Å²) in [6.45, 7) is 6.58. The van der Waals surface area contributed by atoms with Crippen LogP contribution in [0.25, 0.3) is 0 Å². The van der Waals surface area contributed by atoms with E-state index in [0.717, 1.165) is 43.8 Å². The van der Waals surface area contributed by atoms with Gasteiger partial charge in [0.05, 0.1) is 5.56 Å². The number of nitrogens with two attached hydrogens (primary N) is 1. The Morgan fingerprint density at radius 1 is 1.06 bits per heavy atom. The van der Waals surface area contributed by atoms with Gasteiger partial charge in [0.15, 0.2) is 5.96 Å². The van der Waals surface area contributed by atoms with Crippen LogP contribution in [-0.2, 0) is 12.8 Å². The van der Waals surface area contributed by atoms with E-state index in [0.29, 0.717) is 29.7 Å². The Hall–Kier alpha value is -2.74. The third kappa shape index (κ3) is 9.29. The fourth-order valence-electron chi connectivity index (χ4n) is 2.61. The van der Waals surface area contributed by atoms with Crippen LogP contribution in [0.4, 0.5) is 18.9 Å². The number of hydrogen-bond donors (Lipinski definition) is 3. The summed E-state index contributed by atoms with van der Waals surface area (Å²) in [5.74, 6) is 1.91. The highest BCUT2D eigenvalue weighted by molar-refractivity contribution is 5.93. The molecule has 0 amide bonds. The third-order valence-corrected chi connectivity index (χ3v) is 4.45. The number of nitrogens with one attached hydrogen (secondary N) is 2. The molecule has 2 aromatic rings. The van der Waals surface area contributed by atoms with Crippen molar-refractivity contribution in [3.63, 3.8) is 0 Å². The van der Waals surface area contributed by atoms with Gasteiger partial charge in [0.25, 0.3) is 0 Å². The minimum absolute atomic E-state index is 0.188. The Morgan fingerprint density at radius 3 is 2.32 bits per heavy atom. The lowest BCUT2D eigenvalue weighted by molar-refractivity contribution is -0.137. The molecule has 5 nitrogen and oxygen atoms in total. The molecule has 0 saturated carbocycles. The van der Waals surface area contributed by atoms with Gasteiger partial charge in [-0.05, 0) is 67.3 Å². The lowest BCUT2D eigenvalue weighted by Crippen LogP contribution is -2.32. The Bertz CT molecular complexity index is 803. The summed E-state index contributed by atoms with van der Waals surface area (Å²) in [5, 5.41) is 6.54. The van der Waals surface area contributed by atoms with E-state index in [1.165, 1.54) is 12.1 Å². The van der Waals surface area contributed by atoms with E-state index in [4.69, 9.17) is 10.5 Å². The number of anilines is 1. The fourth-order valence-corrected chi connectivity index (χ4v) is 2.61. The van der Waals surface area contributed by atoms with Crippen molar-refractivity contribution in [3.8, 4) is 5.75 Å². The predicted molar refractivity (Wildman–Crippen MR) is 119 cm³/mol. The van der Waals surface area contributed by atoms with Gasteiger partial charge >= 0.3 is 6.18 Å². The first-order chi connectivity index (χ1) is 14.8. The largest absolute Gasteiger partial charge is 0.489 e. The maximum atomic E-state index is 12.6. The molecule has 0 heterocycles. The number of aliphatic imine (C=N–C) groups is 1. The zero-order valence-corrected chi connectivity index (χ0v) is 18.0. The van der Waals surface area contributed by atoms with E-state index in [-0.39, 0.29) is 6.61 Å². The van der Waals surface area contributed by atoms with E-state index in [9.17, 15) is 13.2 Å². The van der Waals surface area contributed by atoms with Crippen molar-refractivity contribution in [1.29, 1.82) is 0 Å². The first kappa shape index (κ1) is 24.5. The van der Waals surface area contributed by atoms with E-state index in [1.807, 2.05) is 12.1 Å². The first-order valence-electron chi connectivity index (χ1n) is 10.4. The van der Waals surface area contributed by atoms with Crippen LogP contribution in [0, 0.1) is 5.92 Å². The molecule has 0 aliphatic heterocycles. The Kier molecular flexibility index (Phi) is 9.65. The summed E-state index contributed by atoms with van der Waals surface area (Å²) in [6.07, 6.45) is -2.49. The van der Waals surface area contributed by atoms with Crippen LogP contribution in [0.2, 0.25) is 0 Å². The Labute approximate surface area is 181 Å². The van der Waals surface area contributed by atoms with Gasteiger partial charge in [0, 0.05) is 18.8 Å². The molecule has 0 spiro atoms. The molecular formula is C23H31F3N4O. The molecule has 170 valence electrons. The SMILES string of the molecule is CC(C)CCN=C(NCCCN)Nc1ccc(OCc2ccc(C(F)(F)F)cc2)cc1. The first-order valence-corrected chi connectivity index (χ1v) is 10.4. The zero-order valence-electron chi connectivity index (χ0n) is 18.0. The van der Waals surface area contributed by atoms with Crippen LogP contribution in [0.15, 0.2) is 53.5 Å². The van der Waals surface area contributed by atoms with E-state index in [1.54, 1.807) is 12.1 Å². The molecule has 8 heteroatoms. The molecule has 0 unspecified atom stereocenters. The lowest BCUT2D eigenvalue weighted by Gasteiger charge is -2.14. The Balaban J connectivity index is 1.91. The number of nitrogens with zero attached hydrogens (tertiary/aromatic N) is 1. The number of guanidine groups is 1. The second-order valence-corrected chi connectivity index (χ2v) is 7.61. The topological polar surface area (TPSA) is 71.7 Å². The lowest BCUT2D eigenvalue weighted by atomic mass is 10.1. The van der Waals surface area contributed by atoms with Crippen molar-refractivity contribution in [2.75, 3.05) is 25.0 Å². The molecular weight excluding hydrogens is 405 g/mol. The van der Waals surface area contributed by atoms with Gasteiger partial charge < -0.3 is 21.1 Å². The molecule has 0 fully saturated rings. The summed E-state index contributed by atoms with van der Waals surface area (Å²) >= 11 is 0. The molecule has 2 rings (SSSR count). The Morgan fingerprint density at radius 2 is 1.74 bits per heavy atom. The molecule has 4 N–H and O–H groups in total. The van der Waals surface area contributed by atoms with Gasteiger partial charge in [-0.2, -0.15) is 13.2 Å². The highest BCUT2D eigenvalue weighted by Gasteiger charge is 2.29. The van der Waals surface area contributed by atoms with Gasteiger partial charge in [-0.1, -0.05) is 26.0 Å². The highest BCUT2D eigenvalue weighted by atomic mass is 19.4. The molecule has 0 aromatic heterocycles. The van der Waals surface area contributed by atoms with Gasteiger partial charge in [0.1, 0.15) is 12.4 Å². The predicted octanol–water partition coefficient (Wildman–Crippen LogP) is 5.04. The minimum Gasteiger partial charge on any atom is -0.489 e. The van der Waals surface area contributed by atoms with E-state index in [2.05, 4.69) is 29.5 Å². The molecule has 0 radical (unpaired) electrons. The van der Waals surface area contributed by atoms with Gasteiger partial charge in [-0.25, -0.2) is 0 Å². The molecule has 2 aromatic carbocycles. The molecule has 31 heavy (non-hydrogen) atoms. The van der Waals surface area contributed by atoms with Crippen molar-refractivity contribution >= 4 is 11.6 Å². The van der Waals surface area contributed by atoms with Crippen LogP contribution in [-0.4, -0.2) is 25.6 Å². The average Bonchev–Trinajstić information content (AvgIpc) is 2.72. The fraction of sp³-hybridized carbons (Fsp3) is 0.435. The summed E-state index contributed by atoms with van der Waals surface area (Å²) in [7, 11) is 0. The maximum absolute atomic E-state index is 12.6. The number of alkyl halides is 3. The van der Waals surface area contributed by atoms with Crippen molar-refractivity contribution in [2.24, 2.45) is 16.6 Å². The summed E-state index contributed by atoms with van der Waals surface area (Å²) < 4.78 is 43.6. The number of rotatable bonds is 10. The van der Waals surface area contributed by atoms with Gasteiger partial charge in [0.2, 0.25) is 0 Å². The normalized spacial score (nSPS) is 12.2. The molecule has 0 atom stereocenters. The zero-order chi connectivity index (χ0) is 22.7. The quantitative estimate of drug-likeness (QED) is 0.277. The van der Waals surface area contributed by atoms with Crippen LogP contribution >= 0.6 is 0 Å². The number of ether oxygens (including phenoxy) is 1. The highest BCUT2D eigenvalue weighted by Crippen LogP contribution is 2.29. The van der Waals surface area contributed by atoms with Gasteiger partial charge in [-0.3, -0.25) is 4.99 Å². The second-order valence-electron chi connectivity index (χ2n) is 7.61. The van der Waals surface area contributed by atoms with Crippen molar-refractivity contribution in [1.82, 2.24) is 5.32 Å². The second kappa shape index (κ2) is 12.2. The molecule has 0 aliphatic rings. The van der Waals surface area contributed by atoms with Crippen LogP contribution in [0.5, 0.6) is 5.75 Å². The van der Waals surface area contributed by atoms with Crippen LogP contribution in [0.1, 0.15) is 37.8 Å². The van der Waals surface area contributed by atoms with Gasteiger partial charge in [-0.15, -0.1) is 0 Å². The van der Waals surface area contributed by atoms with Crippen molar-refractivity contribution < 1.29 is 17.9 Å². The van der Waals surface area contributed by atoms with Crippen molar-refractivity contribution in [3.05, 3.63) is 59.7 Å². The summed E-state index contributed by atoms with van der Waals surface area (Å²) in [4.78, 5) is 4.60. The standard InChI is InChI=1S/C23H31F3N4O/c1-17(2)12-15-29-22(28-14-3-13-27)30-20-8-10-21(11-9-20)31-16-18-4-6-19(7-5-18)23(24,25)26/h4-11,17H,3,12-16,27H2,1-2H3,(H2,28,29,30). The van der Waals surface area contributed by atoms with Crippen molar-refractivity contribution in [2.45, 2.75) is 39.5 Å². The number of benzene rings is 2.